The first-order valence-electron chi connectivity index (χ1n) is 7.45. The van der Waals surface area contributed by atoms with Crippen molar-refractivity contribution in [1.82, 2.24) is 4.90 Å². The molecule has 0 unspecified atom stereocenters. The Labute approximate surface area is 130 Å². The molecule has 1 fully saturated rings. The van der Waals surface area contributed by atoms with Gasteiger partial charge in [-0.2, -0.15) is 4.99 Å². The SMILES string of the molecule is Cc1cc([N+](=O)[O-])ccc1N=C1OCC(C)(C)N1CC(C)C. The van der Waals surface area contributed by atoms with Gasteiger partial charge in [0.25, 0.3) is 11.7 Å². The summed E-state index contributed by atoms with van der Waals surface area (Å²) in [6, 6.07) is 5.27. The highest BCUT2D eigenvalue weighted by Gasteiger charge is 2.38. The molecule has 6 nitrogen and oxygen atoms in total. The minimum Gasteiger partial charge on any atom is -0.462 e. The first-order valence-corrected chi connectivity index (χ1v) is 7.45. The summed E-state index contributed by atoms with van der Waals surface area (Å²) in [4.78, 5) is 17.2. The van der Waals surface area contributed by atoms with Crippen LogP contribution < -0.4 is 0 Å². The second kappa shape index (κ2) is 5.94. The fourth-order valence-electron chi connectivity index (χ4n) is 2.42. The van der Waals surface area contributed by atoms with Gasteiger partial charge in [0.1, 0.15) is 6.61 Å². The van der Waals surface area contributed by atoms with Crippen LogP contribution in [0, 0.1) is 23.0 Å². The van der Waals surface area contributed by atoms with Gasteiger partial charge in [-0.15, -0.1) is 0 Å². The number of amidine groups is 1. The highest BCUT2D eigenvalue weighted by Crippen LogP contribution is 2.29. The fraction of sp³-hybridized carbons (Fsp3) is 0.562. The van der Waals surface area contributed by atoms with E-state index in [1.165, 1.54) is 12.1 Å². The molecule has 0 N–H and O–H groups in total. The Bertz CT molecular complexity index is 609. The molecule has 0 atom stereocenters. The summed E-state index contributed by atoms with van der Waals surface area (Å²) in [7, 11) is 0. The van der Waals surface area contributed by atoms with Gasteiger partial charge in [0.15, 0.2) is 0 Å². The highest BCUT2D eigenvalue weighted by molar-refractivity contribution is 5.80. The summed E-state index contributed by atoms with van der Waals surface area (Å²) in [5, 5.41) is 10.8. The molecule has 120 valence electrons. The molecule has 0 radical (unpaired) electrons. The first kappa shape index (κ1) is 16.3. The van der Waals surface area contributed by atoms with Crippen molar-refractivity contribution in [2.45, 2.75) is 40.2 Å². The monoisotopic (exact) mass is 305 g/mol. The van der Waals surface area contributed by atoms with Crippen LogP contribution in [0.4, 0.5) is 11.4 Å². The molecule has 0 saturated carbocycles. The van der Waals surface area contributed by atoms with E-state index in [1.54, 1.807) is 6.07 Å². The Morgan fingerprint density at radius 2 is 2.14 bits per heavy atom. The normalized spacial score (nSPS) is 18.8. The second-order valence-corrected chi connectivity index (χ2v) is 6.73. The third-order valence-corrected chi connectivity index (χ3v) is 3.67. The van der Waals surface area contributed by atoms with Gasteiger partial charge in [-0.25, -0.2) is 0 Å². The van der Waals surface area contributed by atoms with Gasteiger partial charge in [0.05, 0.1) is 16.1 Å². The third-order valence-electron chi connectivity index (χ3n) is 3.67. The van der Waals surface area contributed by atoms with Crippen LogP contribution >= 0.6 is 0 Å². The number of hydrogen-bond donors (Lipinski definition) is 0. The van der Waals surface area contributed by atoms with Gasteiger partial charge >= 0.3 is 0 Å². The highest BCUT2D eigenvalue weighted by atomic mass is 16.6. The maximum absolute atomic E-state index is 10.8. The fourth-order valence-corrected chi connectivity index (χ4v) is 2.42. The number of ether oxygens (including phenoxy) is 1. The minimum atomic E-state index is -0.399. The van der Waals surface area contributed by atoms with Gasteiger partial charge in [-0.05, 0) is 38.3 Å². The van der Waals surface area contributed by atoms with Crippen LogP contribution in [0.25, 0.3) is 0 Å². The topological polar surface area (TPSA) is 68.0 Å². The Balaban J connectivity index is 2.33. The van der Waals surface area contributed by atoms with Crippen LogP contribution in [0.1, 0.15) is 33.3 Å². The zero-order valence-corrected chi connectivity index (χ0v) is 13.8. The average molecular weight is 305 g/mol. The molecule has 1 heterocycles. The first-order chi connectivity index (χ1) is 10.2. The number of nitro groups is 1. The third kappa shape index (κ3) is 3.37. The minimum absolute atomic E-state index is 0.0770. The number of non-ortho nitro benzene ring substituents is 1. The lowest BCUT2D eigenvalue weighted by atomic mass is 10.0. The summed E-state index contributed by atoms with van der Waals surface area (Å²) in [6.45, 7) is 11.8. The maximum atomic E-state index is 10.8. The van der Waals surface area contributed by atoms with Crippen LogP contribution in [-0.2, 0) is 4.74 Å². The predicted molar refractivity (Wildman–Crippen MR) is 86.5 cm³/mol. The largest absolute Gasteiger partial charge is 0.462 e. The number of hydrogen-bond acceptors (Lipinski definition) is 4. The number of benzene rings is 1. The van der Waals surface area contributed by atoms with Crippen molar-refractivity contribution >= 4 is 17.4 Å². The van der Waals surface area contributed by atoms with Crippen molar-refractivity contribution in [1.29, 1.82) is 0 Å². The Hall–Kier alpha value is -2.11. The van der Waals surface area contributed by atoms with Crippen LogP contribution in [0.3, 0.4) is 0 Å². The number of rotatable bonds is 4. The van der Waals surface area contributed by atoms with Crippen LogP contribution in [0.2, 0.25) is 0 Å². The number of aryl methyl sites for hydroxylation is 1. The Morgan fingerprint density at radius 3 is 2.68 bits per heavy atom. The van der Waals surface area contributed by atoms with E-state index in [4.69, 9.17) is 4.74 Å². The van der Waals surface area contributed by atoms with E-state index < -0.39 is 4.92 Å². The number of nitro benzene ring substituents is 1. The van der Waals surface area contributed by atoms with Crippen LogP contribution in [0.5, 0.6) is 0 Å². The quantitative estimate of drug-likeness (QED) is 0.629. The van der Waals surface area contributed by atoms with Gasteiger partial charge < -0.3 is 9.64 Å². The molecule has 1 aromatic rings. The van der Waals surface area contributed by atoms with Gasteiger partial charge in [-0.3, -0.25) is 10.1 Å². The summed E-state index contributed by atoms with van der Waals surface area (Å²) in [5.41, 5.74) is 1.44. The van der Waals surface area contributed by atoms with E-state index in [9.17, 15) is 10.1 Å². The van der Waals surface area contributed by atoms with Gasteiger partial charge in [0, 0.05) is 18.7 Å². The van der Waals surface area contributed by atoms with Crippen LogP contribution in [-0.4, -0.2) is 34.5 Å². The molecular formula is C16H23N3O3. The lowest BCUT2D eigenvalue weighted by Crippen LogP contribution is -2.44. The smallest absolute Gasteiger partial charge is 0.293 e. The van der Waals surface area contributed by atoms with Crippen molar-refractivity contribution in [2.24, 2.45) is 10.9 Å². The predicted octanol–water partition coefficient (Wildman–Crippen LogP) is 3.66. The summed E-state index contributed by atoms with van der Waals surface area (Å²) in [6.07, 6.45) is 0. The Morgan fingerprint density at radius 1 is 1.45 bits per heavy atom. The molecule has 0 aliphatic carbocycles. The zero-order chi connectivity index (χ0) is 16.5. The van der Waals surface area contributed by atoms with E-state index >= 15 is 0 Å². The lowest BCUT2D eigenvalue weighted by molar-refractivity contribution is -0.384. The molecule has 6 heteroatoms. The number of aliphatic imine (C=N–C) groups is 1. The van der Waals surface area contributed by atoms with E-state index in [0.29, 0.717) is 24.2 Å². The Kier molecular flexibility index (Phi) is 4.39. The lowest BCUT2D eigenvalue weighted by Gasteiger charge is -2.31. The average Bonchev–Trinajstić information content (AvgIpc) is 2.68. The molecule has 0 spiro atoms. The van der Waals surface area contributed by atoms with Gasteiger partial charge in [0.2, 0.25) is 0 Å². The van der Waals surface area contributed by atoms with Crippen molar-refractivity contribution < 1.29 is 9.66 Å². The zero-order valence-electron chi connectivity index (χ0n) is 13.8. The maximum Gasteiger partial charge on any atom is 0.293 e. The molecule has 2 rings (SSSR count). The van der Waals surface area contributed by atoms with Crippen molar-refractivity contribution in [3.05, 3.63) is 33.9 Å². The molecular weight excluding hydrogens is 282 g/mol. The van der Waals surface area contributed by atoms with Crippen molar-refractivity contribution in [2.75, 3.05) is 13.2 Å². The molecule has 0 bridgehead atoms. The number of nitrogens with zero attached hydrogens (tertiary/aromatic N) is 3. The second-order valence-electron chi connectivity index (χ2n) is 6.73. The molecule has 1 saturated heterocycles. The molecule has 1 aliphatic rings. The molecule has 1 aliphatic heterocycles. The van der Waals surface area contributed by atoms with E-state index in [-0.39, 0.29) is 11.2 Å². The van der Waals surface area contributed by atoms with Gasteiger partial charge in [-0.1, -0.05) is 13.8 Å². The standard InChI is InChI=1S/C16H23N3O3/c1-11(2)9-18-15(22-10-16(18,4)5)17-14-7-6-13(19(20)21)8-12(14)3/h6-8,11H,9-10H2,1-5H3. The summed E-state index contributed by atoms with van der Waals surface area (Å²) < 4.78 is 5.76. The van der Waals surface area contributed by atoms with E-state index in [2.05, 4.69) is 37.6 Å². The summed E-state index contributed by atoms with van der Waals surface area (Å²) in [5.74, 6) is 0.490. The van der Waals surface area contributed by atoms with Crippen LogP contribution in [0.15, 0.2) is 23.2 Å². The molecule has 22 heavy (non-hydrogen) atoms. The van der Waals surface area contributed by atoms with E-state index in [1.807, 2.05) is 6.92 Å². The summed E-state index contributed by atoms with van der Waals surface area (Å²) >= 11 is 0. The van der Waals surface area contributed by atoms with Crippen molar-refractivity contribution in [3.63, 3.8) is 0 Å². The molecule has 0 amide bonds. The molecule has 0 aromatic heterocycles. The van der Waals surface area contributed by atoms with Crippen molar-refractivity contribution in [3.8, 4) is 0 Å². The van der Waals surface area contributed by atoms with E-state index in [0.717, 1.165) is 12.1 Å². The molecule has 1 aromatic carbocycles.